The highest BCUT2D eigenvalue weighted by Gasteiger charge is 2.17. The minimum atomic E-state index is -0.498. The second-order valence-electron chi connectivity index (χ2n) is 6.20. The largest absolute Gasteiger partial charge is 0.482 e. The van der Waals surface area contributed by atoms with Gasteiger partial charge in [0.15, 0.2) is 6.61 Å². The lowest BCUT2D eigenvalue weighted by Crippen LogP contribution is -2.37. The molecule has 2 aromatic carbocycles. The van der Waals surface area contributed by atoms with Crippen LogP contribution in [0.15, 0.2) is 47.3 Å². The van der Waals surface area contributed by atoms with Crippen LogP contribution in [-0.4, -0.2) is 47.6 Å². The van der Waals surface area contributed by atoms with Crippen LogP contribution in [0.3, 0.4) is 0 Å². The SMILES string of the molecule is COCCN(Cc1nc2ccccc2c(=O)[nH]1)C(=O)COc1ccc(F)cc1Cl. The van der Waals surface area contributed by atoms with E-state index >= 15 is 0 Å². The molecule has 1 heterocycles. The molecule has 0 spiro atoms. The third-order valence-electron chi connectivity index (χ3n) is 4.17. The zero-order valence-corrected chi connectivity index (χ0v) is 16.4. The van der Waals surface area contributed by atoms with E-state index in [1.807, 2.05) is 0 Å². The highest BCUT2D eigenvalue weighted by molar-refractivity contribution is 6.32. The molecule has 0 radical (unpaired) electrons. The average Bonchev–Trinajstić information content (AvgIpc) is 2.70. The highest BCUT2D eigenvalue weighted by atomic mass is 35.5. The lowest BCUT2D eigenvalue weighted by atomic mass is 10.2. The lowest BCUT2D eigenvalue weighted by molar-refractivity contribution is -0.134. The second-order valence-corrected chi connectivity index (χ2v) is 6.61. The molecule has 1 aromatic heterocycles. The summed E-state index contributed by atoms with van der Waals surface area (Å²) in [6, 6.07) is 10.6. The van der Waals surface area contributed by atoms with Crippen molar-refractivity contribution in [1.29, 1.82) is 0 Å². The van der Waals surface area contributed by atoms with Crippen molar-refractivity contribution in [2.24, 2.45) is 0 Å². The molecule has 7 nitrogen and oxygen atoms in total. The van der Waals surface area contributed by atoms with Crippen LogP contribution in [0, 0.1) is 5.82 Å². The van der Waals surface area contributed by atoms with E-state index in [4.69, 9.17) is 21.1 Å². The Morgan fingerprint density at radius 2 is 2.07 bits per heavy atom. The van der Waals surface area contributed by atoms with Gasteiger partial charge in [0.2, 0.25) is 0 Å². The number of aromatic nitrogens is 2. The molecule has 3 aromatic rings. The van der Waals surface area contributed by atoms with Crippen molar-refractivity contribution in [2.45, 2.75) is 6.54 Å². The van der Waals surface area contributed by atoms with Crippen molar-refractivity contribution in [1.82, 2.24) is 14.9 Å². The van der Waals surface area contributed by atoms with E-state index in [1.54, 1.807) is 24.3 Å². The van der Waals surface area contributed by atoms with Gasteiger partial charge in [-0.05, 0) is 30.3 Å². The van der Waals surface area contributed by atoms with Crippen molar-refractivity contribution >= 4 is 28.4 Å². The Bertz CT molecular complexity index is 1070. The Morgan fingerprint density at radius 1 is 1.28 bits per heavy atom. The summed E-state index contributed by atoms with van der Waals surface area (Å²) in [5.41, 5.74) is 0.263. The number of methoxy groups -OCH3 is 1. The van der Waals surface area contributed by atoms with E-state index in [-0.39, 0.29) is 41.9 Å². The lowest BCUT2D eigenvalue weighted by Gasteiger charge is -2.22. The molecule has 0 atom stereocenters. The minimum Gasteiger partial charge on any atom is -0.482 e. The number of nitrogens with one attached hydrogen (secondary N) is 1. The van der Waals surface area contributed by atoms with Gasteiger partial charge in [0.25, 0.3) is 11.5 Å². The van der Waals surface area contributed by atoms with Gasteiger partial charge in [0.1, 0.15) is 17.4 Å². The van der Waals surface area contributed by atoms with Crippen molar-refractivity contribution in [3.8, 4) is 5.75 Å². The van der Waals surface area contributed by atoms with E-state index in [0.29, 0.717) is 23.3 Å². The molecule has 1 N–H and O–H groups in total. The van der Waals surface area contributed by atoms with Gasteiger partial charge in [-0.1, -0.05) is 23.7 Å². The first-order valence-corrected chi connectivity index (χ1v) is 9.18. The summed E-state index contributed by atoms with van der Waals surface area (Å²) in [5, 5.41) is 0.544. The van der Waals surface area contributed by atoms with E-state index in [0.717, 1.165) is 6.07 Å². The molecule has 29 heavy (non-hydrogen) atoms. The third-order valence-corrected chi connectivity index (χ3v) is 4.46. The van der Waals surface area contributed by atoms with Crippen LogP contribution in [0.4, 0.5) is 4.39 Å². The summed E-state index contributed by atoms with van der Waals surface area (Å²) in [5.74, 6) is -0.316. The first kappa shape index (κ1) is 20.8. The maximum Gasteiger partial charge on any atom is 0.260 e. The first-order valence-electron chi connectivity index (χ1n) is 8.80. The number of carbonyl (C=O) groups excluding carboxylic acids is 1. The van der Waals surface area contributed by atoms with Gasteiger partial charge in [0.05, 0.1) is 29.1 Å². The number of hydrogen-bond acceptors (Lipinski definition) is 5. The fourth-order valence-electron chi connectivity index (χ4n) is 2.71. The van der Waals surface area contributed by atoms with E-state index in [1.165, 1.54) is 24.1 Å². The molecule has 152 valence electrons. The Labute approximate surface area is 171 Å². The van der Waals surface area contributed by atoms with Gasteiger partial charge in [0, 0.05) is 13.7 Å². The van der Waals surface area contributed by atoms with Gasteiger partial charge in [-0.3, -0.25) is 9.59 Å². The Kier molecular flexibility index (Phi) is 6.79. The Hall–Kier alpha value is -2.97. The summed E-state index contributed by atoms with van der Waals surface area (Å²) >= 11 is 5.92. The zero-order valence-electron chi connectivity index (χ0n) is 15.7. The maximum atomic E-state index is 13.1. The summed E-state index contributed by atoms with van der Waals surface area (Å²) < 4.78 is 23.6. The van der Waals surface area contributed by atoms with Crippen LogP contribution in [-0.2, 0) is 16.1 Å². The normalized spacial score (nSPS) is 10.9. The number of ether oxygens (including phenoxy) is 2. The van der Waals surface area contributed by atoms with E-state index < -0.39 is 5.82 Å². The molecular weight excluding hydrogens is 401 g/mol. The number of rotatable bonds is 8. The average molecular weight is 420 g/mol. The number of H-pyrrole nitrogens is 1. The number of para-hydroxylation sites is 1. The number of benzene rings is 2. The topological polar surface area (TPSA) is 84.5 Å². The van der Waals surface area contributed by atoms with Crippen molar-refractivity contribution in [3.05, 3.63) is 69.5 Å². The van der Waals surface area contributed by atoms with Crippen LogP contribution < -0.4 is 10.3 Å². The van der Waals surface area contributed by atoms with Crippen molar-refractivity contribution < 1.29 is 18.7 Å². The molecule has 0 aliphatic rings. The van der Waals surface area contributed by atoms with Gasteiger partial charge in [-0.15, -0.1) is 0 Å². The van der Waals surface area contributed by atoms with Gasteiger partial charge < -0.3 is 19.4 Å². The molecular formula is C20H19ClFN3O4. The minimum absolute atomic E-state index is 0.0711. The van der Waals surface area contributed by atoms with Crippen LogP contribution >= 0.6 is 11.6 Å². The molecule has 0 saturated heterocycles. The van der Waals surface area contributed by atoms with Crippen LogP contribution in [0.25, 0.3) is 10.9 Å². The summed E-state index contributed by atoms with van der Waals surface area (Å²) in [6.45, 7) is 0.322. The standard InChI is InChI=1S/C20H19ClFN3O4/c1-28-9-8-25(19(26)12-29-17-7-6-13(22)10-15(17)21)11-18-23-16-5-3-2-4-14(16)20(27)24-18/h2-7,10H,8-9,11-12H2,1H3,(H,23,24,27). The molecule has 3 rings (SSSR count). The fourth-order valence-corrected chi connectivity index (χ4v) is 2.93. The fraction of sp³-hybridized carbons (Fsp3) is 0.250. The number of fused-ring (bicyclic) bond motifs is 1. The predicted octanol–water partition coefficient (Wildman–Crippen LogP) is 2.77. The number of carbonyl (C=O) groups is 1. The smallest absolute Gasteiger partial charge is 0.260 e. The van der Waals surface area contributed by atoms with E-state index in [9.17, 15) is 14.0 Å². The molecule has 0 aliphatic carbocycles. The van der Waals surface area contributed by atoms with Gasteiger partial charge in [-0.25, -0.2) is 9.37 Å². The monoisotopic (exact) mass is 419 g/mol. The second kappa shape index (κ2) is 9.49. The Morgan fingerprint density at radius 3 is 2.83 bits per heavy atom. The molecule has 1 amide bonds. The third kappa shape index (κ3) is 5.30. The van der Waals surface area contributed by atoms with E-state index in [2.05, 4.69) is 9.97 Å². The number of hydrogen-bond donors (Lipinski definition) is 1. The zero-order chi connectivity index (χ0) is 20.8. The summed E-state index contributed by atoms with van der Waals surface area (Å²) in [7, 11) is 1.52. The summed E-state index contributed by atoms with van der Waals surface area (Å²) in [6.07, 6.45) is 0. The maximum absolute atomic E-state index is 13.1. The molecule has 0 unspecified atom stereocenters. The number of amides is 1. The number of nitrogens with zero attached hydrogens (tertiary/aromatic N) is 2. The highest BCUT2D eigenvalue weighted by Crippen LogP contribution is 2.24. The van der Waals surface area contributed by atoms with Crippen LogP contribution in [0.5, 0.6) is 5.75 Å². The molecule has 9 heteroatoms. The van der Waals surface area contributed by atoms with Crippen LogP contribution in [0.2, 0.25) is 5.02 Å². The quantitative estimate of drug-likeness (QED) is 0.607. The van der Waals surface area contributed by atoms with Crippen molar-refractivity contribution in [3.63, 3.8) is 0 Å². The Balaban J connectivity index is 1.75. The van der Waals surface area contributed by atoms with Gasteiger partial charge in [-0.2, -0.15) is 0 Å². The predicted molar refractivity (Wildman–Crippen MR) is 107 cm³/mol. The summed E-state index contributed by atoms with van der Waals surface area (Å²) in [4.78, 5) is 33.5. The van der Waals surface area contributed by atoms with Crippen molar-refractivity contribution in [2.75, 3.05) is 26.9 Å². The van der Waals surface area contributed by atoms with Crippen LogP contribution in [0.1, 0.15) is 5.82 Å². The van der Waals surface area contributed by atoms with Gasteiger partial charge >= 0.3 is 0 Å². The molecule has 0 bridgehead atoms. The number of halogens is 2. The molecule has 0 saturated carbocycles. The number of aromatic amines is 1. The molecule has 0 fully saturated rings. The molecule has 0 aliphatic heterocycles. The first-order chi connectivity index (χ1) is 14.0.